The molecule has 2 heterocycles. The van der Waals surface area contributed by atoms with E-state index in [1.807, 2.05) is 37.0 Å². The summed E-state index contributed by atoms with van der Waals surface area (Å²) in [7, 11) is 0. The molecule has 1 aromatic rings. The third-order valence-electron chi connectivity index (χ3n) is 3.40. The van der Waals surface area contributed by atoms with Gasteiger partial charge in [0.15, 0.2) is 0 Å². The maximum Gasteiger partial charge on any atom is 0.317 e. The minimum absolute atomic E-state index is 0.0652. The average Bonchev–Trinajstić information content (AvgIpc) is 2.88. The number of carbonyl (C=O) groups is 1. The first-order valence-electron chi connectivity index (χ1n) is 7.26. The molecular formula is C15H25N3OS. The first-order chi connectivity index (χ1) is 9.44. The molecule has 0 spiro atoms. The zero-order valence-corrected chi connectivity index (χ0v) is 13.5. The fourth-order valence-corrected chi connectivity index (χ4v) is 3.00. The van der Waals surface area contributed by atoms with Gasteiger partial charge in [-0.1, -0.05) is 6.07 Å². The van der Waals surface area contributed by atoms with E-state index in [9.17, 15) is 4.79 Å². The fraction of sp³-hybridized carbons (Fsp3) is 0.667. The van der Waals surface area contributed by atoms with Crippen LogP contribution in [0.3, 0.4) is 0 Å². The Balaban J connectivity index is 1.71. The molecule has 2 amide bonds. The molecule has 1 aliphatic heterocycles. The van der Waals surface area contributed by atoms with E-state index in [-0.39, 0.29) is 11.6 Å². The summed E-state index contributed by atoms with van der Waals surface area (Å²) in [6.07, 6.45) is 1.12. The van der Waals surface area contributed by atoms with Gasteiger partial charge >= 0.3 is 6.03 Å². The molecule has 5 heteroatoms. The van der Waals surface area contributed by atoms with Gasteiger partial charge in [0.25, 0.3) is 0 Å². The topological polar surface area (TPSA) is 35.6 Å². The third-order valence-corrected chi connectivity index (χ3v) is 4.33. The second-order valence-electron chi connectivity index (χ2n) is 6.34. The van der Waals surface area contributed by atoms with Crippen LogP contribution >= 0.6 is 11.3 Å². The van der Waals surface area contributed by atoms with E-state index >= 15 is 0 Å². The second kappa shape index (κ2) is 6.59. The summed E-state index contributed by atoms with van der Waals surface area (Å²) in [6, 6.07) is 4.36. The van der Waals surface area contributed by atoms with Crippen molar-refractivity contribution in [2.24, 2.45) is 0 Å². The highest BCUT2D eigenvalue weighted by atomic mass is 32.1. The molecule has 20 heavy (non-hydrogen) atoms. The number of nitrogens with one attached hydrogen (secondary N) is 1. The molecule has 1 fully saturated rings. The highest BCUT2D eigenvalue weighted by Gasteiger charge is 2.23. The van der Waals surface area contributed by atoms with Gasteiger partial charge in [0, 0.05) is 43.1 Å². The van der Waals surface area contributed by atoms with Crippen LogP contribution in [0.4, 0.5) is 4.79 Å². The number of thiophene rings is 1. The Bertz CT molecular complexity index is 417. The van der Waals surface area contributed by atoms with Crippen LogP contribution in [-0.4, -0.2) is 54.1 Å². The van der Waals surface area contributed by atoms with Gasteiger partial charge in [0.1, 0.15) is 0 Å². The molecule has 1 aliphatic rings. The van der Waals surface area contributed by atoms with Gasteiger partial charge in [-0.2, -0.15) is 0 Å². The first-order valence-corrected chi connectivity index (χ1v) is 8.14. The summed E-state index contributed by atoms with van der Waals surface area (Å²) < 4.78 is 0. The van der Waals surface area contributed by atoms with Crippen molar-refractivity contribution in [3.8, 4) is 0 Å². The summed E-state index contributed by atoms with van der Waals surface area (Å²) in [4.78, 5) is 17.9. The lowest BCUT2D eigenvalue weighted by Crippen LogP contribution is -2.55. The summed E-state index contributed by atoms with van der Waals surface area (Å²) in [6.45, 7) is 10.7. The Hall–Kier alpha value is -1.07. The molecule has 0 radical (unpaired) electrons. The van der Waals surface area contributed by atoms with Crippen LogP contribution in [0.5, 0.6) is 0 Å². The molecule has 0 aliphatic carbocycles. The second-order valence-corrected chi connectivity index (χ2v) is 7.37. The average molecular weight is 295 g/mol. The molecule has 112 valence electrons. The number of hydrogen-bond donors (Lipinski definition) is 1. The van der Waals surface area contributed by atoms with E-state index in [0.29, 0.717) is 0 Å². The van der Waals surface area contributed by atoms with Crippen molar-refractivity contribution in [1.29, 1.82) is 0 Å². The number of piperazine rings is 1. The Morgan fingerprint density at radius 1 is 1.30 bits per heavy atom. The van der Waals surface area contributed by atoms with Crippen molar-refractivity contribution >= 4 is 17.4 Å². The van der Waals surface area contributed by atoms with Crippen LogP contribution < -0.4 is 5.32 Å². The number of urea groups is 1. The van der Waals surface area contributed by atoms with Gasteiger partial charge in [-0.25, -0.2) is 4.79 Å². The van der Waals surface area contributed by atoms with Crippen molar-refractivity contribution in [3.05, 3.63) is 22.4 Å². The van der Waals surface area contributed by atoms with E-state index in [1.165, 1.54) is 4.88 Å². The first kappa shape index (κ1) is 15.3. The maximum absolute atomic E-state index is 12.1. The predicted octanol–water partition coefficient (Wildman–Crippen LogP) is 2.42. The molecule has 0 aromatic carbocycles. The molecule has 0 bridgehead atoms. The molecule has 1 N–H and O–H groups in total. The predicted molar refractivity (Wildman–Crippen MR) is 84.3 cm³/mol. The lowest BCUT2D eigenvalue weighted by atomic mass is 10.1. The van der Waals surface area contributed by atoms with Crippen molar-refractivity contribution in [2.45, 2.75) is 32.7 Å². The zero-order valence-electron chi connectivity index (χ0n) is 12.7. The van der Waals surface area contributed by atoms with Gasteiger partial charge in [0.2, 0.25) is 0 Å². The van der Waals surface area contributed by atoms with Gasteiger partial charge in [-0.3, -0.25) is 4.90 Å². The Morgan fingerprint density at radius 2 is 2.00 bits per heavy atom. The largest absolute Gasteiger partial charge is 0.333 e. The molecule has 1 aromatic heterocycles. The highest BCUT2D eigenvalue weighted by Crippen LogP contribution is 2.11. The molecule has 2 rings (SSSR count). The number of rotatable bonds is 3. The van der Waals surface area contributed by atoms with Gasteiger partial charge in [-0.05, 0) is 38.6 Å². The lowest BCUT2D eigenvalue weighted by Gasteiger charge is -2.36. The minimum atomic E-state index is -0.159. The standard InChI is InChI=1S/C15H25N3OS/c1-15(2,3)16-14(19)18-10-8-17(9-11-18)7-6-13-5-4-12-20-13/h4-5,12H,6-11H2,1-3H3,(H,16,19). The zero-order chi connectivity index (χ0) is 14.6. The van der Waals surface area contributed by atoms with Gasteiger partial charge < -0.3 is 10.2 Å². The summed E-state index contributed by atoms with van der Waals surface area (Å²) >= 11 is 1.82. The number of hydrogen-bond acceptors (Lipinski definition) is 3. The quantitative estimate of drug-likeness (QED) is 0.929. The van der Waals surface area contributed by atoms with Crippen LogP contribution in [0.15, 0.2) is 17.5 Å². The fourth-order valence-electron chi connectivity index (χ4n) is 2.30. The molecule has 0 saturated carbocycles. The molecule has 0 unspecified atom stereocenters. The lowest BCUT2D eigenvalue weighted by molar-refractivity contribution is 0.135. The SMILES string of the molecule is CC(C)(C)NC(=O)N1CCN(CCc2cccs2)CC1. The summed E-state index contributed by atoms with van der Waals surface area (Å²) in [5, 5.41) is 5.16. The Morgan fingerprint density at radius 3 is 2.55 bits per heavy atom. The van der Waals surface area contributed by atoms with Crippen LogP contribution in [-0.2, 0) is 6.42 Å². The van der Waals surface area contributed by atoms with Crippen LogP contribution in [0, 0.1) is 0 Å². The Kier molecular flexibility index (Phi) is 5.05. The van der Waals surface area contributed by atoms with Crippen LogP contribution in [0.2, 0.25) is 0 Å². The molecule has 0 atom stereocenters. The minimum Gasteiger partial charge on any atom is -0.333 e. The molecule has 1 saturated heterocycles. The summed E-state index contributed by atoms with van der Waals surface area (Å²) in [5.41, 5.74) is -0.159. The Labute approximate surface area is 125 Å². The van der Waals surface area contributed by atoms with Gasteiger partial charge in [-0.15, -0.1) is 11.3 Å². The highest BCUT2D eigenvalue weighted by molar-refractivity contribution is 7.09. The normalized spacial score (nSPS) is 17.2. The number of amides is 2. The van der Waals surface area contributed by atoms with E-state index in [4.69, 9.17) is 0 Å². The van der Waals surface area contributed by atoms with Crippen molar-refractivity contribution in [2.75, 3.05) is 32.7 Å². The smallest absolute Gasteiger partial charge is 0.317 e. The van der Waals surface area contributed by atoms with E-state index in [2.05, 4.69) is 27.7 Å². The van der Waals surface area contributed by atoms with Crippen molar-refractivity contribution in [3.63, 3.8) is 0 Å². The van der Waals surface area contributed by atoms with E-state index < -0.39 is 0 Å². The number of nitrogens with zero attached hydrogens (tertiary/aromatic N) is 2. The van der Waals surface area contributed by atoms with Crippen LogP contribution in [0.1, 0.15) is 25.6 Å². The van der Waals surface area contributed by atoms with Crippen LogP contribution in [0.25, 0.3) is 0 Å². The number of carbonyl (C=O) groups excluding carboxylic acids is 1. The van der Waals surface area contributed by atoms with Gasteiger partial charge in [0.05, 0.1) is 0 Å². The molecular weight excluding hydrogens is 270 g/mol. The monoisotopic (exact) mass is 295 g/mol. The van der Waals surface area contributed by atoms with E-state index in [1.54, 1.807) is 0 Å². The van der Waals surface area contributed by atoms with E-state index in [0.717, 1.165) is 39.1 Å². The molecule has 4 nitrogen and oxygen atoms in total. The maximum atomic E-state index is 12.1. The third kappa shape index (κ3) is 4.80. The van der Waals surface area contributed by atoms with Crippen molar-refractivity contribution < 1.29 is 4.79 Å². The summed E-state index contributed by atoms with van der Waals surface area (Å²) in [5.74, 6) is 0. The van der Waals surface area contributed by atoms with Crippen molar-refractivity contribution in [1.82, 2.24) is 15.1 Å².